The summed E-state index contributed by atoms with van der Waals surface area (Å²) >= 11 is 0. The van der Waals surface area contributed by atoms with Gasteiger partial charge in [0.2, 0.25) is 0 Å². The molecule has 1 aromatic rings. The summed E-state index contributed by atoms with van der Waals surface area (Å²) in [7, 11) is 3.67. The van der Waals surface area contributed by atoms with E-state index < -0.39 is 5.72 Å². The van der Waals surface area contributed by atoms with Gasteiger partial charge in [0.1, 0.15) is 6.23 Å². The Labute approximate surface area is 153 Å². The number of piperidine rings is 2. The third-order valence-electron chi connectivity index (χ3n) is 8.00. The standard InChI is InChI=1S/C21H24N2O3/c1-4-12-11-23-16-9-13(12)18(19(24)25-3)20-10-17(23)26-21(16,20)22(2)15-8-6-5-7-14(15)20/h4-8,13,16-18H,9-11H2,1-3H3/t13-,16-,17-,18-,20-,21-/m0/s1. The number of ether oxygens (including phenoxy) is 2. The zero-order chi connectivity index (χ0) is 17.8. The Hall–Kier alpha value is -1.85. The third-order valence-corrected chi connectivity index (χ3v) is 8.00. The smallest absolute Gasteiger partial charge is 0.310 e. The first-order valence-electron chi connectivity index (χ1n) is 9.60. The normalized spacial score (nSPS) is 46.0. The highest BCUT2D eigenvalue weighted by Gasteiger charge is 2.83. The van der Waals surface area contributed by atoms with E-state index in [1.54, 1.807) is 0 Å². The van der Waals surface area contributed by atoms with Crippen LogP contribution in [-0.2, 0) is 19.7 Å². The van der Waals surface area contributed by atoms with Crippen molar-refractivity contribution in [1.82, 2.24) is 4.90 Å². The molecular formula is C21H24N2O3. The molecule has 136 valence electrons. The predicted molar refractivity (Wildman–Crippen MR) is 96.6 cm³/mol. The zero-order valence-electron chi connectivity index (χ0n) is 15.4. The number of allylic oxidation sites excluding steroid dienone is 1. The first-order valence-corrected chi connectivity index (χ1v) is 9.60. The Morgan fingerprint density at radius 2 is 2.19 bits per heavy atom. The topological polar surface area (TPSA) is 42.0 Å². The summed E-state index contributed by atoms with van der Waals surface area (Å²) in [5.74, 6) is -0.0283. The van der Waals surface area contributed by atoms with Crippen LogP contribution in [0.1, 0.15) is 25.3 Å². The van der Waals surface area contributed by atoms with E-state index in [-0.39, 0.29) is 29.4 Å². The summed E-state index contributed by atoms with van der Waals surface area (Å²) in [4.78, 5) is 18.1. The number of carbonyl (C=O) groups is 1. The zero-order valence-corrected chi connectivity index (χ0v) is 15.4. The van der Waals surface area contributed by atoms with Crippen molar-refractivity contribution in [3.05, 3.63) is 41.5 Å². The number of benzene rings is 1. The Kier molecular flexibility index (Phi) is 2.65. The monoisotopic (exact) mass is 352 g/mol. The lowest BCUT2D eigenvalue weighted by Gasteiger charge is -2.61. The molecule has 6 rings (SSSR count). The largest absolute Gasteiger partial charge is 0.469 e. The predicted octanol–water partition coefficient (Wildman–Crippen LogP) is 2.27. The van der Waals surface area contributed by atoms with Gasteiger partial charge in [-0.1, -0.05) is 29.8 Å². The van der Waals surface area contributed by atoms with Gasteiger partial charge in [0, 0.05) is 25.7 Å². The summed E-state index contributed by atoms with van der Waals surface area (Å²) in [6, 6.07) is 8.89. The molecule has 5 aliphatic rings. The SMILES string of the molecule is CC=C1CN2[C@@H]3C[C@@]45c6ccccc6N(C)[C@]4(O3)[C@@H]2C[C@@H]1[C@H]5C(=O)OC. The molecule has 6 atom stereocenters. The molecule has 0 radical (unpaired) electrons. The minimum absolute atomic E-state index is 0.0816. The highest BCUT2D eigenvalue weighted by Crippen LogP contribution is 2.73. The van der Waals surface area contributed by atoms with Gasteiger partial charge >= 0.3 is 5.97 Å². The van der Waals surface area contributed by atoms with Crippen LogP contribution in [0.3, 0.4) is 0 Å². The number of hydrogen-bond donors (Lipinski definition) is 0. The van der Waals surface area contributed by atoms with Gasteiger partial charge < -0.3 is 14.4 Å². The van der Waals surface area contributed by atoms with Gasteiger partial charge in [-0.3, -0.25) is 9.69 Å². The second kappa shape index (κ2) is 4.52. The maximum absolute atomic E-state index is 13.2. The quantitative estimate of drug-likeness (QED) is 0.573. The molecule has 4 fully saturated rings. The Balaban J connectivity index is 1.69. The molecule has 0 aromatic heterocycles. The molecule has 3 saturated heterocycles. The van der Waals surface area contributed by atoms with Crippen LogP contribution in [0.5, 0.6) is 0 Å². The van der Waals surface area contributed by atoms with Crippen molar-refractivity contribution in [2.75, 3.05) is 25.6 Å². The average molecular weight is 352 g/mol. The lowest BCUT2D eigenvalue weighted by molar-refractivity contribution is -0.162. The number of nitrogens with zero attached hydrogens (tertiary/aromatic N) is 2. The van der Waals surface area contributed by atoms with Gasteiger partial charge in [0.15, 0.2) is 5.72 Å². The second-order valence-electron chi connectivity index (χ2n) is 8.42. The first kappa shape index (κ1) is 15.2. The van der Waals surface area contributed by atoms with Crippen LogP contribution in [0, 0.1) is 11.8 Å². The minimum Gasteiger partial charge on any atom is -0.469 e. The highest BCUT2D eigenvalue weighted by atomic mass is 16.6. The van der Waals surface area contributed by atoms with Gasteiger partial charge in [-0.25, -0.2) is 0 Å². The fraction of sp³-hybridized carbons (Fsp3) is 0.571. The van der Waals surface area contributed by atoms with Crippen molar-refractivity contribution in [1.29, 1.82) is 0 Å². The molecule has 4 bridgehead atoms. The van der Waals surface area contributed by atoms with E-state index in [9.17, 15) is 4.79 Å². The molecule has 1 aliphatic carbocycles. The van der Waals surface area contributed by atoms with Crippen molar-refractivity contribution in [3.8, 4) is 0 Å². The molecule has 1 saturated carbocycles. The van der Waals surface area contributed by atoms with Crippen LogP contribution in [0.15, 0.2) is 35.9 Å². The third kappa shape index (κ3) is 1.28. The number of fused-ring (bicyclic) bond motifs is 4. The number of hydrogen-bond acceptors (Lipinski definition) is 5. The molecule has 0 amide bonds. The maximum Gasteiger partial charge on any atom is 0.310 e. The number of likely N-dealkylation sites (N-methyl/N-ethyl adjacent to an activating group) is 1. The van der Waals surface area contributed by atoms with Gasteiger partial charge in [-0.2, -0.15) is 0 Å². The van der Waals surface area contributed by atoms with Gasteiger partial charge in [-0.05, 0) is 30.9 Å². The van der Waals surface area contributed by atoms with E-state index in [4.69, 9.17) is 9.47 Å². The van der Waals surface area contributed by atoms with Crippen LogP contribution < -0.4 is 4.90 Å². The first-order chi connectivity index (χ1) is 12.6. The van der Waals surface area contributed by atoms with E-state index in [1.165, 1.54) is 23.9 Å². The van der Waals surface area contributed by atoms with E-state index in [0.717, 1.165) is 19.4 Å². The van der Waals surface area contributed by atoms with Crippen LogP contribution in [-0.4, -0.2) is 49.6 Å². The van der Waals surface area contributed by atoms with Crippen molar-refractivity contribution in [2.24, 2.45) is 11.8 Å². The molecular weight excluding hydrogens is 328 g/mol. The minimum atomic E-state index is -0.448. The highest BCUT2D eigenvalue weighted by molar-refractivity contribution is 5.81. The van der Waals surface area contributed by atoms with Crippen LogP contribution in [0.25, 0.3) is 0 Å². The van der Waals surface area contributed by atoms with Crippen LogP contribution in [0.4, 0.5) is 5.69 Å². The summed E-state index contributed by atoms with van der Waals surface area (Å²) in [6.07, 6.45) is 4.14. The maximum atomic E-state index is 13.2. The lowest BCUT2D eigenvalue weighted by Crippen LogP contribution is -2.75. The van der Waals surface area contributed by atoms with E-state index in [1.807, 2.05) is 0 Å². The number of anilines is 1. The van der Waals surface area contributed by atoms with Crippen LogP contribution >= 0.6 is 0 Å². The summed E-state index contributed by atoms with van der Waals surface area (Å²) in [5.41, 5.74) is 3.07. The molecule has 0 N–H and O–H groups in total. The number of rotatable bonds is 1. The summed E-state index contributed by atoms with van der Waals surface area (Å²) < 4.78 is 12.2. The molecule has 26 heavy (non-hydrogen) atoms. The number of para-hydroxylation sites is 1. The summed E-state index contributed by atoms with van der Waals surface area (Å²) in [5, 5.41) is 0. The van der Waals surface area contributed by atoms with E-state index in [0.29, 0.717) is 6.04 Å². The van der Waals surface area contributed by atoms with Crippen molar-refractivity contribution in [3.63, 3.8) is 0 Å². The average Bonchev–Trinajstić information content (AvgIpc) is 3.26. The van der Waals surface area contributed by atoms with Crippen LogP contribution in [0.2, 0.25) is 0 Å². The molecule has 4 heterocycles. The molecule has 5 heteroatoms. The van der Waals surface area contributed by atoms with Gasteiger partial charge in [0.25, 0.3) is 0 Å². The molecule has 0 unspecified atom stereocenters. The molecule has 1 spiro atoms. The van der Waals surface area contributed by atoms with Gasteiger partial charge in [0.05, 0.1) is 24.5 Å². The molecule has 4 aliphatic heterocycles. The fourth-order valence-electron chi connectivity index (χ4n) is 7.23. The van der Waals surface area contributed by atoms with E-state index >= 15 is 0 Å². The fourth-order valence-corrected chi connectivity index (χ4v) is 7.23. The molecule has 1 aromatic carbocycles. The van der Waals surface area contributed by atoms with E-state index in [2.05, 4.69) is 54.1 Å². The second-order valence-corrected chi connectivity index (χ2v) is 8.42. The molecule has 5 nitrogen and oxygen atoms in total. The Morgan fingerprint density at radius 3 is 2.96 bits per heavy atom. The number of esters is 1. The van der Waals surface area contributed by atoms with Crippen molar-refractivity contribution >= 4 is 11.7 Å². The number of carbonyl (C=O) groups excluding carboxylic acids is 1. The summed E-state index contributed by atoms with van der Waals surface area (Å²) in [6.45, 7) is 3.01. The Morgan fingerprint density at radius 1 is 1.38 bits per heavy atom. The van der Waals surface area contributed by atoms with Crippen molar-refractivity contribution < 1.29 is 14.3 Å². The van der Waals surface area contributed by atoms with Gasteiger partial charge in [-0.15, -0.1) is 0 Å². The Bertz CT molecular complexity index is 867. The van der Waals surface area contributed by atoms with Crippen molar-refractivity contribution in [2.45, 2.75) is 43.2 Å². The lowest BCUT2D eigenvalue weighted by atomic mass is 9.49. The number of methoxy groups -OCH3 is 1.